The maximum absolute atomic E-state index is 12.5. The van der Waals surface area contributed by atoms with Crippen molar-refractivity contribution in [2.45, 2.75) is 31.7 Å². The van der Waals surface area contributed by atoms with Gasteiger partial charge in [0.05, 0.1) is 32.3 Å². The summed E-state index contributed by atoms with van der Waals surface area (Å²) in [6, 6.07) is 12.2. The van der Waals surface area contributed by atoms with Gasteiger partial charge < -0.3 is 19.6 Å². The predicted octanol–water partition coefficient (Wildman–Crippen LogP) is 2.23. The SMILES string of the molecule is O=C(Cc1c[nH]c2ccccc12)NC[C@@H](c1ccco1)[NH+]1CCCCC1. The third kappa shape index (κ3) is 3.68. The average molecular weight is 352 g/mol. The average Bonchev–Trinajstić information content (AvgIpc) is 3.34. The van der Waals surface area contributed by atoms with E-state index in [1.165, 1.54) is 24.2 Å². The van der Waals surface area contributed by atoms with Crippen molar-refractivity contribution in [3.8, 4) is 0 Å². The van der Waals surface area contributed by atoms with E-state index >= 15 is 0 Å². The lowest BCUT2D eigenvalue weighted by Crippen LogP contribution is -3.13. The van der Waals surface area contributed by atoms with Crippen molar-refractivity contribution in [3.63, 3.8) is 0 Å². The topological polar surface area (TPSA) is 62.5 Å². The maximum atomic E-state index is 12.5. The summed E-state index contributed by atoms with van der Waals surface area (Å²) in [7, 11) is 0. The molecule has 136 valence electrons. The van der Waals surface area contributed by atoms with E-state index in [4.69, 9.17) is 4.42 Å². The van der Waals surface area contributed by atoms with Gasteiger partial charge in [0, 0.05) is 17.1 Å². The molecule has 0 aliphatic carbocycles. The molecule has 0 unspecified atom stereocenters. The van der Waals surface area contributed by atoms with E-state index < -0.39 is 0 Å². The molecule has 4 rings (SSSR count). The van der Waals surface area contributed by atoms with Crippen molar-refractivity contribution in [2.24, 2.45) is 0 Å². The number of fused-ring (bicyclic) bond motifs is 1. The Labute approximate surface area is 153 Å². The van der Waals surface area contributed by atoms with E-state index in [1.807, 2.05) is 36.5 Å². The Balaban J connectivity index is 1.41. The first-order chi connectivity index (χ1) is 12.8. The smallest absolute Gasteiger partial charge is 0.224 e. The molecule has 1 aliphatic heterocycles. The number of nitrogens with one attached hydrogen (secondary N) is 3. The number of piperidine rings is 1. The molecule has 0 radical (unpaired) electrons. The molecule has 1 aliphatic rings. The highest BCUT2D eigenvalue weighted by Crippen LogP contribution is 2.18. The van der Waals surface area contributed by atoms with Gasteiger partial charge in [0.1, 0.15) is 0 Å². The van der Waals surface area contributed by atoms with Gasteiger partial charge >= 0.3 is 0 Å². The summed E-state index contributed by atoms with van der Waals surface area (Å²) < 4.78 is 5.67. The first kappa shape index (κ1) is 16.9. The normalized spacial score (nSPS) is 16.6. The number of hydrogen-bond acceptors (Lipinski definition) is 2. The first-order valence-electron chi connectivity index (χ1n) is 9.51. The molecular formula is C21H26N3O2+. The summed E-state index contributed by atoms with van der Waals surface area (Å²) >= 11 is 0. The number of carbonyl (C=O) groups is 1. The highest BCUT2D eigenvalue weighted by Gasteiger charge is 2.28. The van der Waals surface area contributed by atoms with Crippen molar-refractivity contribution in [3.05, 3.63) is 60.2 Å². The van der Waals surface area contributed by atoms with Crippen molar-refractivity contribution in [2.75, 3.05) is 19.6 Å². The fourth-order valence-electron chi connectivity index (χ4n) is 4.02. The van der Waals surface area contributed by atoms with Gasteiger partial charge in [0.15, 0.2) is 11.8 Å². The van der Waals surface area contributed by atoms with Crippen molar-refractivity contribution >= 4 is 16.8 Å². The molecule has 0 bridgehead atoms. The maximum Gasteiger partial charge on any atom is 0.224 e. The Morgan fingerprint density at radius 2 is 2.00 bits per heavy atom. The summed E-state index contributed by atoms with van der Waals surface area (Å²) in [6.07, 6.45) is 7.85. The predicted molar refractivity (Wildman–Crippen MR) is 101 cm³/mol. The summed E-state index contributed by atoms with van der Waals surface area (Å²) in [4.78, 5) is 17.3. The quantitative estimate of drug-likeness (QED) is 0.637. The van der Waals surface area contributed by atoms with Gasteiger partial charge in [-0.1, -0.05) is 18.2 Å². The Hall–Kier alpha value is -2.53. The van der Waals surface area contributed by atoms with Crippen LogP contribution in [0.25, 0.3) is 10.9 Å². The van der Waals surface area contributed by atoms with Gasteiger partial charge in [-0.15, -0.1) is 0 Å². The Morgan fingerprint density at radius 1 is 1.15 bits per heavy atom. The van der Waals surface area contributed by atoms with Crippen LogP contribution < -0.4 is 10.2 Å². The Bertz CT molecular complexity index is 847. The number of quaternary nitrogens is 1. The summed E-state index contributed by atoms with van der Waals surface area (Å²) in [5.74, 6) is 1.03. The van der Waals surface area contributed by atoms with Crippen LogP contribution in [0.2, 0.25) is 0 Å². The molecule has 0 spiro atoms. The molecule has 5 nitrogen and oxygen atoms in total. The summed E-state index contributed by atoms with van der Waals surface area (Å²) in [6.45, 7) is 2.90. The van der Waals surface area contributed by atoms with E-state index in [0.29, 0.717) is 13.0 Å². The van der Waals surface area contributed by atoms with E-state index in [-0.39, 0.29) is 11.9 Å². The zero-order valence-electron chi connectivity index (χ0n) is 15.0. The summed E-state index contributed by atoms with van der Waals surface area (Å²) in [5, 5.41) is 4.26. The number of likely N-dealkylation sites (tertiary alicyclic amines) is 1. The number of aromatic nitrogens is 1. The fourth-order valence-corrected chi connectivity index (χ4v) is 4.02. The first-order valence-corrected chi connectivity index (χ1v) is 9.51. The van der Waals surface area contributed by atoms with Gasteiger partial charge in [0.25, 0.3) is 0 Å². The van der Waals surface area contributed by atoms with Crippen LogP contribution in [0.15, 0.2) is 53.3 Å². The molecule has 1 aromatic carbocycles. The van der Waals surface area contributed by atoms with E-state index in [2.05, 4.69) is 16.4 Å². The Morgan fingerprint density at radius 3 is 2.81 bits per heavy atom. The standard InChI is InChI=1S/C21H25N3O2/c25-21(13-16-14-22-18-8-3-2-7-17(16)18)23-15-19(20-9-6-12-26-20)24-10-4-1-5-11-24/h2-3,6-9,12,14,19,22H,1,4-5,10-11,13,15H2,(H,23,25)/p+1/t19-/m0/s1. The van der Waals surface area contributed by atoms with Gasteiger partial charge in [-0.3, -0.25) is 4.79 Å². The number of para-hydroxylation sites is 1. The highest BCUT2D eigenvalue weighted by atomic mass is 16.3. The lowest BCUT2D eigenvalue weighted by Gasteiger charge is -2.30. The van der Waals surface area contributed by atoms with Crippen molar-refractivity contribution < 1.29 is 14.1 Å². The molecule has 3 heterocycles. The minimum atomic E-state index is 0.0581. The van der Waals surface area contributed by atoms with E-state index in [0.717, 1.165) is 35.3 Å². The van der Waals surface area contributed by atoms with Crippen LogP contribution in [0.1, 0.15) is 36.6 Å². The van der Waals surface area contributed by atoms with Crippen LogP contribution in [0.4, 0.5) is 0 Å². The number of amides is 1. The van der Waals surface area contributed by atoms with Gasteiger partial charge in [0.2, 0.25) is 5.91 Å². The monoisotopic (exact) mass is 352 g/mol. The van der Waals surface area contributed by atoms with E-state index in [1.54, 1.807) is 6.26 Å². The Kier molecular flexibility index (Phi) is 5.07. The second kappa shape index (κ2) is 7.79. The minimum absolute atomic E-state index is 0.0581. The molecule has 26 heavy (non-hydrogen) atoms. The lowest BCUT2D eigenvalue weighted by molar-refractivity contribution is -0.936. The lowest BCUT2D eigenvalue weighted by atomic mass is 10.1. The van der Waals surface area contributed by atoms with Crippen LogP contribution in [0.3, 0.4) is 0 Å². The number of furan rings is 1. The van der Waals surface area contributed by atoms with Crippen LogP contribution in [-0.4, -0.2) is 30.5 Å². The number of rotatable bonds is 6. The molecule has 2 aromatic heterocycles. The van der Waals surface area contributed by atoms with Gasteiger partial charge in [-0.05, 0) is 43.0 Å². The third-order valence-corrected chi connectivity index (χ3v) is 5.40. The van der Waals surface area contributed by atoms with Crippen LogP contribution >= 0.6 is 0 Å². The van der Waals surface area contributed by atoms with Crippen molar-refractivity contribution in [1.82, 2.24) is 10.3 Å². The molecule has 3 N–H and O–H groups in total. The minimum Gasteiger partial charge on any atom is -0.463 e. The second-order valence-electron chi connectivity index (χ2n) is 7.13. The highest BCUT2D eigenvalue weighted by molar-refractivity contribution is 5.88. The third-order valence-electron chi connectivity index (χ3n) is 5.40. The zero-order chi connectivity index (χ0) is 17.8. The number of H-pyrrole nitrogens is 1. The molecule has 1 atom stereocenters. The van der Waals surface area contributed by atoms with Crippen LogP contribution in [-0.2, 0) is 11.2 Å². The molecule has 3 aromatic rings. The zero-order valence-corrected chi connectivity index (χ0v) is 15.0. The molecular weight excluding hydrogens is 326 g/mol. The number of benzene rings is 1. The van der Waals surface area contributed by atoms with Crippen molar-refractivity contribution in [1.29, 1.82) is 0 Å². The molecule has 0 saturated carbocycles. The van der Waals surface area contributed by atoms with Crippen LogP contribution in [0, 0.1) is 0 Å². The van der Waals surface area contributed by atoms with Gasteiger partial charge in [-0.25, -0.2) is 0 Å². The number of aromatic amines is 1. The van der Waals surface area contributed by atoms with Gasteiger partial charge in [-0.2, -0.15) is 0 Å². The summed E-state index contributed by atoms with van der Waals surface area (Å²) in [5.41, 5.74) is 2.11. The van der Waals surface area contributed by atoms with Crippen LogP contribution in [0.5, 0.6) is 0 Å². The number of carbonyl (C=O) groups excluding carboxylic acids is 1. The fraction of sp³-hybridized carbons (Fsp3) is 0.381. The number of hydrogen-bond donors (Lipinski definition) is 3. The molecule has 1 saturated heterocycles. The van der Waals surface area contributed by atoms with E-state index in [9.17, 15) is 4.79 Å². The molecule has 1 fully saturated rings. The second-order valence-corrected chi connectivity index (χ2v) is 7.13. The largest absolute Gasteiger partial charge is 0.463 e. The molecule has 5 heteroatoms. The molecule has 1 amide bonds.